The average molecular weight is 497 g/mol. The molecule has 1 aromatic heterocycles. The van der Waals surface area contributed by atoms with Gasteiger partial charge in [0, 0.05) is 24.7 Å². The van der Waals surface area contributed by atoms with Crippen LogP contribution in [-0.4, -0.2) is 74.0 Å². The highest BCUT2D eigenvalue weighted by Crippen LogP contribution is 2.10. The van der Waals surface area contributed by atoms with E-state index in [0.29, 0.717) is 12.1 Å². The molecule has 1 aromatic rings. The smallest absolute Gasteiger partial charge is 0.326 e. The van der Waals surface area contributed by atoms with Gasteiger partial charge >= 0.3 is 11.9 Å². The number of nitrogens with one attached hydrogen (secondary N) is 4. The Morgan fingerprint density at radius 3 is 2.09 bits per heavy atom. The number of H-pyrrole nitrogens is 1. The Kier molecular flexibility index (Phi) is 11.9. The van der Waals surface area contributed by atoms with E-state index in [4.69, 9.17) is 10.8 Å². The van der Waals surface area contributed by atoms with Crippen molar-refractivity contribution in [3.63, 3.8) is 0 Å². The van der Waals surface area contributed by atoms with Gasteiger partial charge in [0.15, 0.2) is 0 Å². The molecule has 196 valence electrons. The largest absolute Gasteiger partial charge is 0.481 e. The van der Waals surface area contributed by atoms with E-state index < -0.39 is 66.2 Å². The molecule has 0 aliphatic rings. The summed E-state index contributed by atoms with van der Waals surface area (Å²) in [6.07, 6.45) is 2.60. The van der Waals surface area contributed by atoms with Crippen LogP contribution in [0.3, 0.4) is 0 Å². The molecule has 0 saturated heterocycles. The lowest BCUT2D eigenvalue weighted by atomic mass is 9.98. The monoisotopic (exact) mass is 496 g/mol. The summed E-state index contributed by atoms with van der Waals surface area (Å²) in [4.78, 5) is 67.9. The summed E-state index contributed by atoms with van der Waals surface area (Å²) in [5.41, 5.74) is 6.41. The van der Waals surface area contributed by atoms with Crippen molar-refractivity contribution in [3.05, 3.63) is 18.2 Å². The number of nitrogens with two attached hydrogens (primary N) is 1. The molecule has 0 aliphatic carbocycles. The summed E-state index contributed by atoms with van der Waals surface area (Å²) < 4.78 is 0. The zero-order valence-corrected chi connectivity index (χ0v) is 20.4. The number of rotatable bonds is 15. The van der Waals surface area contributed by atoms with Crippen molar-refractivity contribution in [2.45, 2.75) is 77.5 Å². The van der Waals surface area contributed by atoms with Crippen molar-refractivity contribution < 1.29 is 34.2 Å². The van der Waals surface area contributed by atoms with Gasteiger partial charge in [-0.25, -0.2) is 9.78 Å². The lowest BCUT2D eigenvalue weighted by Crippen LogP contribution is -2.58. The number of carbonyl (C=O) groups is 5. The van der Waals surface area contributed by atoms with E-state index in [2.05, 4.69) is 25.9 Å². The van der Waals surface area contributed by atoms with Gasteiger partial charge in [-0.05, 0) is 18.3 Å². The zero-order chi connectivity index (χ0) is 26.7. The van der Waals surface area contributed by atoms with Gasteiger partial charge in [-0.15, -0.1) is 0 Å². The molecule has 13 heteroatoms. The molecule has 35 heavy (non-hydrogen) atoms. The first-order valence-electron chi connectivity index (χ1n) is 11.5. The van der Waals surface area contributed by atoms with E-state index in [1.54, 1.807) is 27.7 Å². The molecule has 0 fully saturated rings. The van der Waals surface area contributed by atoms with E-state index >= 15 is 0 Å². The third-order valence-electron chi connectivity index (χ3n) is 5.69. The fourth-order valence-electron chi connectivity index (χ4n) is 3.14. The average Bonchev–Trinajstić information content (AvgIpc) is 3.30. The summed E-state index contributed by atoms with van der Waals surface area (Å²) >= 11 is 0. The van der Waals surface area contributed by atoms with Crippen LogP contribution >= 0.6 is 0 Å². The van der Waals surface area contributed by atoms with E-state index in [-0.39, 0.29) is 18.8 Å². The van der Waals surface area contributed by atoms with Crippen LogP contribution in [0.15, 0.2) is 12.5 Å². The van der Waals surface area contributed by atoms with Crippen LogP contribution in [-0.2, 0) is 30.4 Å². The highest BCUT2D eigenvalue weighted by Gasteiger charge is 2.32. The Balaban J connectivity index is 3.11. The Bertz CT molecular complexity index is 874. The first-order valence-corrected chi connectivity index (χ1v) is 11.5. The van der Waals surface area contributed by atoms with E-state index in [1.165, 1.54) is 12.5 Å². The third-order valence-corrected chi connectivity index (χ3v) is 5.69. The molecule has 0 radical (unpaired) electrons. The lowest BCUT2D eigenvalue weighted by molar-refractivity contribution is -0.144. The fraction of sp³-hybridized carbons (Fsp3) is 0.636. The SMILES string of the molecule is CCC(C)C(NC(=O)C(CCC(=O)O)NC(=O)C(Cc1cnc[nH]1)NC(=O)C(N)C(C)C)C(=O)O. The summed E-state index contributed by atoms with van der Waals surface area (Å²) in [5.74, 6) is -5.22. The minimum absolute atomic E-state index is 0.000276. The second-order valence-corrected chi connectivity index (χ2v) is 8.82. The van der Waals surface area contributed by atoms with Gasteiger partial charge in [-0.2, -0.15) is 0 Å². The first kappa shape index (κ1) is 29.6. The van der Waals surface area contributed by atoms with E-state index in [9.17, 15) is 29.1 Å². The number of hydrogen-bond acceptors (Lipinski definition) is 7. The molecule has 13 nitrogen and oxygen atoms in total. The van der Waals surface area contributed by atoms with Crippen molar-refractivity contribution in [1.29, 1.82) is 0 Å². The maximum Gasteiger partial charge on any atom is 0.326 e. The van der Waals surface area contributed by atoms with Gasteiger partial charge in [-0.1, -0.05) is 34.1 Å². The number of aliphatic carboxylic acids is 2. The number of carbonyl (C=O) groups excluding carboxylic acids is 3. The molecule has 1 heterocycles. The van der Waals surface area contributed by atoms with Gasteiger partial charge in [0.1, 0.15) is 18.1 Å². The molecule has 3 amide bonds. The second-order valence-electron chi connectivity index (χ2n) is 8.82. The minimum Gasteiger partial charge on any atom is -0.481 e. The van der Waals surface area contributed by atoms with Crippen molar-refractivity contribution >= 4 is 29.7 Å². The molecular formula is C22H36N6O7. The lowest BCUT2D eigenvalue weighted by Gasteiger charge is -2.26. The number of imidazole rings is 1. The number of amides is 3. The maximum absolute atomic E-state index is 13.1. The number of hydrogen-bond donors (Lipinski definition) is 7. The van der Waals surface area contributed by atoms with Crippen LogP contribution in [0.4, 0.5) is 0 Å². The molecule has 8 N–H and O–H groups in total. The number of aromatic amines is 1. The predicted octanol–water partition coefficient (Wildman–Crippen LogP) is -0.615. The number of carboxylic acid groups (broad SMARTS) is 2. The first-order chi connectivity index (χ1) is 16.4. The van der Waals surface area contributed by atoms with Gasteiger partial charge in [0.25, 0.3) is 0 Å². The standard InChI is InChI=1S/C22H36N6O7/c1-5-12(4)18(22(34)35)28-19(31)14(6-7-16(29)30)26-20(32)15(8-13-9-24-10-25-13)27-21(33)17(23)11(2)3/h9-12,14-15,17-18H,5-8,23H2,1-4H3,(H,24,25)(H,26,32)(H,27,33)(H,28,31)(H,29,30)(H,34,35). The van der Waals surface area contributed by atoms with E-state index in [1.807, 2.05) is 0 Å². The Morgan fingerprint density at radius 1 is 1.00 bits per heavy atom. The quantitative estimate of drug-likeness (QED) is 0.164. The minimum atomic E-state index is -1.34. The molecule has 0 spiro atoms. The van der Waals surface area contributed by atoms with Crippen LogP contribution in [0.25, 0.3) is 0 Å². The van der Waals surface area contributed by atoms with E-state index in [0.717, 1.165) is 0 Å². The van der Waals surface area contributed by atoms with Gasteiger partial charge in [0.05, 0.1) is 12.4 Å². The summed E-state index contributed by atoms with van der Waals surface area (Å²) in [7, 11) is 0. The molecule has 0 saturated carbocycles. The van der Waals surface area contributed by atoms with Crippen molar-refractivity contribution in [1.82, 2.24) is 25.9 Å². The predicted molar refractivity (Wildman–Crippen MR) is 125 cm³/mol. The highest BCUT2D eigenvalue weighted by atomic mass is 16.4. The van der Waals surface area contributed by atoms with Crippen LogP contribution in [0.1, 0.15) is 52.7 Å². The number of nitrogens with zero attached hydrogens (tertiary/aromatic N) is 1. The number of aromatic nitrogens is 2. The summed E-state index contributed by atoms with van der Waals surface area (Å²) in [6, 6.07) is -4.60. The molecule has 0 bridgehead atoms. The normalized spacial score (nSPS) is 15.4. The Morgan fingerprint density at radius 2 is 1.60 bits per heavy atom. The molecular weight excluding hydrogens is 460 g/mol. The fourth-order valence-corrected chi connectivity index (χ4v) is 3.14. The van der Waals surface area contributed by atoms with Crippen molar-refractivity contribution in [2.24, 2.45) is 17.6 Å². The van der Waals surface area contributed by atoms with Gasteiger partial charge in [-0.3, -0.25) is 19.2 Å². The third kappa shape index (κ3) is 9.73. The van der Waals surface area contributed by atoms with Crippen molar-refractivity contribution in [3.8, 4) is 0 Å². The molecule has 5 atom stereocenters. The number of carboxylic acids is 2. The zero-order valence-electron chi connectivity index (χ0n) is 20.4. The van der Waals surface area contributed by atoms with Crippen LogP contribution in [0.2, 0.25) is 0 Å². The van der Waals surface area contributed by atoms with Crippen LogP contribution in [0.5, 0.6) is 0 Å². The van der Waals surface area contributed by atoms with Crippen LogP contribution in [0, 0.1) is 11.8 Å². The summed E-state index contributed by atoms with van der Waals surface area (Å²) in [5, 5.41) is 25.9. The van der Waals surface area contributed by atoms with Crippen molar-refractivity contribution in [2.75, 3.05) is 0 Å². The Hall–Kier alpha value is -3.48. The Labute approximate surface area is 203 Å². The highest BCUT2D eigenvalue weighted by molar-refractivity contribution is 5.94. The topological polar surface area (TPSA) is 217 Å². The maximum atomic E-state index is 13.1. The van der Waals surface area contributed by atoms with Gasteiger partial charge < -0.3 is 36.9 Å². The molecule has 5 unspecified atom stereocenters. The molecule has 1 rings (SSSR count). The molecule has 0 aromatic carbocycles. The second kappa shape index (κ2) is 14.0. The molecule has 0 aliphatic heterocycles. The van der Waals surface area contributed by atoms with Crippen LogP contribution < -0.4 is 21.7 Å². The van der Waals surface area contributed by atoms with Gasteiger partial charge in [0.2, 0.25) is 17.7 Å². The summed E-state index contributed by atoms with van der Waals surface area (Å²) in [6.45, 7) is 6.91.